The maximum atomic E-state index is 12.7. The number of nitrogens with zero attached hydrogens (tertiary/aromatic N) is 3. The van der Waals surface area contributed by atoms with Crippen LogP contribution >= 0.6 is 11.8 Å². The van der Waals surface area contributed by atoms with Gasteiger partial charge in [-0.2, -0.15) is 0 Å². The van der Waals surface area contributed by atoms with Crippen LogP contribution < -0.4 is 21.7 Å². The highest BCUT2D eigenvalue weighted by atomic mass is 32.2. The number of hydrogen-bond acceptors (Lipinski definition) is 8. The third-order valence-electron chi connectivity index (χ3n) is 4.31. The number of aromatic amines is 1. The second kappa shape index (κ2) is 9.46. The number of H-pyrrole nitrogens is 1. The van der Waals surface area contributed by atoms with Gasteiger partial charge in [0.25, 0.3) is 5.56 Å². The smallest absolute Gasteiger partial charge is 0.330 e. The number of rotatable bonds is 9. The lowest BCUT2D eigenvalue weighted by atomic mass is 10.2. The van der Waals surface area contributed by atoms with E-state index >= 15 is 0 Å². The van der Waals surface area contributed by atoms with Crippen molar-refractivity contribution in [3.8, 4) is 11.4 Å². The van der Waals surface area contributed by atoms with Gasteiger partial charge in [-0.25, -0.2) is 9.78 Å². The van der Waals surface area contributed by atoms with E-state index in [0.29, 0.717) is 10.9 Å². The van der Waals surface area contributed by atoms with Gasteiger partial charge in [0.15, 0.2) is 10.9 Å². The van der Waals surface area contributed by atoms with Gasteiger partial charge in [-0.1, -0.05) is 17.8 Å². The van der Waals surface area contributed by atoms with E-state index in [2.05, 4.69) is 9.97 Å². The van der Waals surface area contributed by atoms with Gasteiger partial charge in [0, 0.05) is 25.6 Å². The fourth-order valence-corrected chi connectivity index (χ4v) is 3.66. The van der Waals surface area contributed by atoms with Gasteiger partial charge < -0.3 is 15.2 Å². The van der Waals surface area contributed by atoms with Gasteiger partial charge in [0.2, 0.25) is 0 Å². The number of ether oxygens (including phenoxy) is 2. The first kappa shape index (κ1) is 21.4. The van der Waals surface area contributed by atoms with Crippen molar-refractivity contribution in [2.75, 3.05) is 32.3 Å². The van der Waals surface area contributed by atoms with E-state index in [-0.39, 0.29) is 30.3 Å². The Hall–Kier alpha value is -3.31. The molecule has 2 aromatic heterocycles. The largest absolute Gasteiger partial charge is 0.497 e. The minimum atomic E-state index is -0.812. The standard InChI is InChI=1S/C19H21N5O5S/c1-28-9-8-24-16(20)15(17(26)22-18(24)27)14(25)11-30-19-21-6-7-23(19)12-4-3-5-13(10-12)29-2/h3-7,10H,8-9,11,20H2,1-2H3,(H,22,26,27). The quantitative estimate of drug-likeness (QED) is 0.378. The van der Waals surface area contributed by atoms with Crippen LogP contribution in [0.15, 0.2) is 51.4 Å². The monoisotopic (exact) mass is 431 g/mol. The number of aromatic nitrogens is 4. The molecule has 0 aliphatic heterocycles. The van der Waals surface area contributed by atoms with E-state index in [0.717, 1.165) is 22.0 Å². The fraction of sp³-hybridized carbons (Fsp3) is 0.263. The third-order valence-corrected chi connectivity index (χ3v) is 5.27. The van der Waals surface area contributed by atoms with Gasteiger partial charge in [0.1, 0.15) is 17.1 Å². The second-order valence-corrected chi connectivity index (χ2v) is 7.10. The third kappa shape index (κ3) is 4.47. The maximum Gasteiger partial charge on any atom is 0.330 e. The number of imidazole rings is 1. The summed E-state index contributed by atoms with van der Waals surface area (Å²) in [4.78, 5) is 43.3. The molecule has 3 N–H and O–H groups in total. The zero-order valence-electron chi connectivity index (χ0n) is 16.5. The van der Waals surface area contributed by atoms with E-state index < -0.39 is 17.0 Å². The summed E-state index contributed by atoms with van der Waals surface area (Å²) in [6.07, 6.45) is 3.37. The molecule has 0 amide bonds. The van der Waals surface area contributed by atoms with E-state index in [1.807, 2.05) is 24.3 Å². The lowest BCUT2D eigenvalue weighted by molar-refractivity contribution is 0.102. The van der Waals surface area contributed by atoms with E-state index in [1.165, 1.54) is 7.11 Å². The first-order chi connectivity index (χ1) is 14.5. The molecule has 0 saturated carbocycles. The van der Waals surface area contributed by atoms with Gasteiger partial charge in [-0.05, 0) is 12.1 Å². The summed E-state index contributed by atoms with van der Waals surface area (Å²) in [7, 11) is 3.05. The minimum Gasteiger partial charge on any atom is -0.497 e. The molecule has 2 heterocycles. The normalized spacial score (nSPS) is 10.9. The highest BCUT2D eigenvalue weighted by Gasteiger charge is 2.20. The Labute approximate surface area is 175 Å². The molecule has 3 aromatic rings. The Balaban J connectivity index is 1.83. The zero-order chi connectivity index (χ0) is 21.7. The average Bonchev–Trinajstić information content (AvgIpc) is 3.20. The topological polar surface area (TPSA) is 134 Å². The summed E-state index contributed by atoms with van der Waals surface area (Å²) in [5.41, 5.74) is 5.01. The molecule has 0 aliphatic carbocycles. The molecule has 0 atom stereocenters. The van der Waals surface area contributed by atoms with Crippen LogP contribution in [0, 0.1) is 0 Å². The van der Waals surface area contributed by atoms with Crippen LogP contribution in [-0.4, -0.2) is 51.5 Å². The fourth-order valence-electron chi connectivity index (χ4n) is 2.82. The minimum absolute atomic E-state index is 0.0866. The van der Waals surface area contributed by atoms with Crippen molar-refractivity contribution < 1.29 is 14.3 Å². The van der Waals surface area contributed by atoms with Gasteiger partial charge in [-0.15, -0.1) is 0 Å². The van der Waals surface area contributed by atoms with E-state index in [4.69, 9.17) is 15.2 Å². The predicted molar refractivity (Wildman–Crippen MR) is 113 cm³/mol. The molecule has 0 bridgehead atoms. The predicted octanol–water partition coefficient (Wildman–Crippen LogP) is 0.935. The molecule has 0 aliphatic rings. The van der Waals surface area contributed by atoms with Crippen molar-refractivity contribution in [2.45, 2.75) is 11.7 Å². The lowest BCUT2D eigenvalue weighted by Gasteiger charge is -2.12. The van der Waals surface area contributed by atoms with Crippen LogP contribution in [0.4, 0.5) is 5.82 Å². The van der Waals surface area contributed by atoms with Crippen molar-refractivity contribution in [3.63, 3.8) is 0 Å². The second-order valence-electron chi connectivity index (χ2n) is 6.16. The van der Waals surface area contributed by atoms with Gasteiger partial charge in [-0.3, -0.25) is 23.7 Å². The Morgan fingerprint density at radius 2 is 2.10 bits per heavy atom. The molecule has 3 rings (SSSR count). The van der Waals surface area contributed by atoms with Crippen molar-refractivity contribution >= 4 is 23.4 Å². The number of carbonyl (C=O) groups excluding carboxylic acids is 1. The Kier molecular flexibility index (Phi) is 6.75. The van der Waals surface area contributed by atoms with Crippen LogP contribution in [0.5, 0.6) is 5.75 Å². The Morgan fingerprint density at radius 1 is 1.30 bits per heavy atom. The average molecular weight is 431 g/mol. The van der Waals surface area contributed by atoms with Gasteiger partial charge >= 0.3 is 5.69 Å². The molecule has 30 heavy (non-hydrogen) atoms. The summed E-state index contributed by atoms with van der Waals surface area (Å²) < 4.78 is 13.1. The van der Waals surface area contributed by atoms with Crippen molar-refractivity contribution in [3.05, 3.63) is 63.1 Å². The summed E-state index contributed by atoms with van der Waals surface area (Å²) >= 11 is 1.15. The van der Waals surface area contributed by atoms with Crippen molar-refractivity contribution in [2.24, 2.45) is 0 Å². The Morgan fingerprint density at radius 3 is 2.83 bits per heavy atom. The zero-order valence-corrected chi connectivity index (χ0v) is 17.3. The molecule has 11 heteroatoms. The summed E-state index contributed by atoms with van der Waals surface area (Å²) in [6, 6.07) is 7.38. The molecular weight excluding hydrogens is 410 g/mol. The first-order valence-corrected chi connectivity index (χ1v) is 9.90. The van der Waals surface area contributed by atoms with Crippen molar-refractivity contribution in [1.29, 1.82) is 0 Å². The number of Topliss-reactive ketones (excluding diaryl/α,β-unsaturated/α-hetero) is 1. The first-order valence-electron chi connectivity index (χ1n) is 8.91. The molecule has 1 aromatic carbocycles. The highest BCUT2D eigenvalue weighted by Crippen LogP contribution is 2.24. The SMILES string of the molecule is COCCn1c(N)c(C(=O)CSc2nccn2-c2cccc(OC)c2)c(=O)[nH]c1=O. The molecule has 0 radical (unpaired) electrons. The molecule has 0 spiro atoms. The van der Waals surface area contributed by atoms with Crippen LogP contribution in [0.3, 0.4) is 0 Å². The molecule has 0 saturated heterocycles. The number of thioether (sulfide) groups is 1. The molecule has 0 fully saturated rings. The summed E-state index contributed by atoms with van der Waals surface area (Å²) in [5.74, 6) is -0.0880. The van der Waals surface area contributed by atoms with Crippen LogP contribution in [0.25, 0.3) is 5.69 Å². The molecular formula is C19H21N5O5S. The molecule has 10 nitrogen and oxygen atoms in total. The number of anilines is 1. The Bertz CT molecular complexity index is 1170. The number of carbonyl (C=O) groups is 1. The number of nitrogens with two attached hydrogens (primary N) is 1. The number of ketones is 1. The van der Waals surface area contributed by atoms with E-state index in [1.54, 1.807) is 24.1 Å². The van der Waals surface area contributed by atoms with Crippen LogP contribution in [-0.2, 0) is 11.3 Å². The maximum absolute atomic E-state index is 12.7. The number of benzene rings is 1. The number of hydrogen-bond donors (Lipinski definition) is 2. The number of nitrogen functional groups attached to an aromatic ring is 1. The van der Waals surface area contributed by atoms with Gasteiger partial charge in [0.05, 0.1) is 31.7 Å². The highest BCUT2D eigenvalue weighted by molar-refractivity contribution is 7.99. The van der Waals surface area contributed by atoms with E-state index in [9.17, 15) is 14.4 Å². The lowest BCUT2D eigenvalue weighted by Crippen LogP contribution is -2.37. The molecule has 158 valence electrons. The summed E-state index contributed by atoms with van der Waals surface area (Å²) in [6.45, 7) is 0.322. The van der Waals surface area contributed by atoms with Crippen LogP contribution in [0.2, 0.25) is 0 Å². The number of methoxy groups -OCH3 is 2. The summed E-state index contributed by atoms with van der Waals surface area (Å²) in [5, 5.41) is 0.555. The number of nitrogens with one attached hydrogen (secondary N) is 1. The van der Waals surface area contributed by atoms with Crippen LogP contribution in [0.1, 0.15) is 10.4 Å². The van der Waals surface area contributed by atoms with Crippen molar-refractivity contribution in [1.82, 2.24) is 19.1 Å². The molecule has 0 unspecified atom stereocenters.